The second-order valence-electron chi connectivity index (χ2n) is 6.46. The number of hydrogen-bond donors (Lipinski definition) is 3. The minimum atomic E-state index is 0.539. The van der Waals surface area contributed by atoms with Crippen LogP contribution in [0.3, 0.4) is 0 Å². The first-order valence-corrected chi connectivity index (χ1v) is 8.97. The summed E-state index contributed by atoms with van der Waals surface area (Å²) >= 11 is 0. The summed E-state index contributed by atoms with van der Waals surface area (Å²) in [5.74, 6) is 3.00. The SMILES string of the molecule is CNc1cc(C)nc(Nc2ccc(OC)c(-n3cc4c(n3)NCCC4)c2)n1. The molecule has 27 heavy (non-hydrogen) atoms. The fourth-order valence-corrected chi connectivity index (χ4v) is 3.18. The zero-order chi connectivity index (χ0) is 18.8. The number of methoxy groups -OCH3 is 1. The van der Waals surface area contributed by atoms with Crippen LogP contribution in [0.2, 0.25) is 0 Å². The molecule has 0 unspecified atom stereocenters. The lowest BCUT2D eigenvalue weighted by atomic mass is 10.1. The Balaban J connectivity index is 1.69. The Kier molecular flexibility index (Phi) is 4.53. The molecule has 8 heteroatoms. The monoisotopic (exact) mass is 365 g/mol. The zero-order valence-corrected chi connectivity index (χ0v) is 15.7. The summed E-state index contributed by atoms with van der Waals surface area (Å²) in [7, 11) is 3.50. The van der Waals surface area contributed by atoms with Crippen LogP contribution < -0.4 is 20.7 Å². The highest BCUT2D eigenvalue weighted by Gasteiger charge is 2.16. The van der Waals surface area contributed by atoms with Crippen LogP contribution in [0.1, 0.15) is 17.7 Å². The molecule has 0 saturated carbocycles. The summed E-state index contributed by atoms with van der Waals surface area (Å²) in [6.45, 7) is 2.90. The van der Waals surface area contributed by atoms with E-state index < -0.39 is 0 Å². The van der Waals surface area contributed by atoms with Crippen LogP contribution in [0, 0.1) is 6.92 Å². The van der Waals surface area contributed by atoms with Gasteiger partial charge in [-0.1, -0.05) is 0 Å². The number of aryl methyl sites for hydroxylation is 2. The number of nitrogens with zero attached hydrogens (tertiary/aromatic N) is 4. The molecular formula is C19H23N7O. The third-order valence-corrected chi connectivity index (χ3v) is 4.50. The smallest absolute Gasteiger partial charge is 0.229 e. The van der Waals surface area contributed by atoms with Crippen molar-refractivity contribution in [2.45, 2.75) is 19.8 Å². The van der Waals surface area contributed by atoms with Crippen molar-refractivity contribution >= 4 is 23.3 Å². The first-order chi connectivity index (χ1) is 13.2. The van der Waals surface area contributed by atoms with E-state index in [1.54, 1.807) is 7.11 Å². The lowest BCUT2D eigenvalue weighted by Crippen LogP contribution is -2.10. The predicted octanol–water partition coefficient (Wildman–Crippen LogP) is 3.12. The molecule has 0 saturated heterocycles. The molecule has 1 aliphatic rings. The Bertz CT molecular complexity index is 943. The van der Waals surface area contributed by atoms with Gasteiger partial charge in [0.15, 0.2) is 5.82 Å². The molecule has 140 valence electrons. The van der Waals surface area contributed by atoms with Gasteiger partial charge in [0.05, 0.1) is 7.11 Å². The van der Waals surface area contributed by atoms with Crippen molar-refractivity contribution in [1.29, 1.82) is 0 Å². The summed E-state index contributed by atoms with van der Waals surface area (Å²) in [4.78, 5) is 8.90. The number of nitrogens with one attached hydrogen (secondary N) is 3. The average Bonchev–Trinajstić information content (AvgIpc) is 3.11. The Morgan fingerprint density at radius 2 is 2.11 bits per heavy atom. The summed E-state index contributed by atoms with van der Waals surface area (Å²) < 4.78 is 7.41. The van der Waals surface area contributed by atoms with Gasteiger partial charge >= 0.3 is 0 Å². The molecule has 0 bridgehead atoms. The van der Waals surface area contributed by atoms with Gasteiger partial charge in [-0.05, 0) is 38.0 Å². The molecule has 1 aliphatic heterocycles. The van der Waals surface area contributed by atoms with Crippen molar-refractivity contribution in [2.24, 2.45) is 0 Å². The molecule has 0 atom stereocenters. The fraction of sp³-hybridized carbons (Fsp3) is 0.316. The van der Waals surface area contributed by atoms with Crippen LogP contribution in [-0.2, 0) is 6.42 Å². The molecule has 3 N–H and O–H groups in total. The van der Waals surface area contributed by atoms with Gasteiger partial charge in [0.2, 0.25) is 5.95 Å². The van der Waals surface area contributed by atoms with Crippen LogP contribution in [0.4, 0.5) is 23.3 Å². The van der Waals surface area contributed by atoms with Crippen LogP contribution in [0.15, 0.2) is 30.5 Å². The molecule has 4 rings (SSSR count). The Labute approximate surface area is 158 Å². The third kappa shape index (κ3) is 3.51. The molecule has 2 aromatic heterocycles. The zero-order valence-electron chi connectivity index (χ0n) is 15.7. The van der Waals surface area contributed by atoms with Crippen molar-refractivity contribution in [2.75, 3.05) is 36.7 Å². The van der Waals surface area contributed by atoms with E-state index in [-0.39, 0.29) is 0 Å². The normalized spacial score (nSPS) is 12.9. The number of rotatable bonds is 5. The number of anilines is 4. The van der Waals surface area contributed by atoms with Crippen LogP contribution in [-0.4, -0.2) is 40.5 Å². The maximum Gasteiger partial charge on any atom is 0.229 e. The highest BCUT2D eigenvalue weighted by atomic mass is 16.5. The van der Waals surface area contributed by atoms with Gasteiger partial charge in [-0.25, -0.2) is 9.67 Å². The molecule has 0 aliphatic carbocycles. The van der Waals surface area contributed by atoms with E-state index in [9.17, 15) is 0 Å². The van der Waals surface area contributed by atoms with Gasteiger partial charge in [0, 0.05) is 42.8 Å². The summed E-state index contributed by atoms with van der Waals surface area (Å²) in [6.07, 6.45) is 4.22. The molecule has 3 heterocycles. The highest BCUT2D eigenvalue weighted by molar-refractivity contribution is 5.63. The van der Waals surface area contributed by atoms with E-state index in [4.69, 9.17) is 4.74 Å². The lowest BCUT2D eigenvalue weighted by molar-refractivity contribution is 0.412. The second kappa shape index (κ2) is 7.14. The van der Waals surface area contributed by atoms with Gasteiger partial charge in [-0.3, -0.25) is 0 Å². The first kappa shape index (κ1) is 17.1. The quantitative estimate of drug-likeness (QED) is 0.640. The summed E-state index contributed by atoms with van der Waals surface area (Å²) in [5.41, 5.74) is 3.83. The van der Waals surface area contributed by atoms with Gasteiger partial charge in [-0.15, -0.1) is 0 Å². The summed E-state index contributed by atoms with van der Waals surface area (Å²) in [6, 6.07) is 7.74. The van der Waals surface area contributed by atoms with E-state index in [1.807, 2.05) is 42.9 Å². The van der Waals surface area contributed by atoms with E-state index in [0.29, 0.717) is 5.95 Å². The van der Waals surface area contributed by atoms with Crippen LogP contribution in [0.25, 0.3) is 5.69 Å². The van der Waals surface area contributed by atoms with Crippen LogP contribution in [0.5, 0.6) is 5.75 Å². The third-order valence-electron chi connectivity index (χ3n) is 4.50. The largest absolute Gasteiger partial charge is 0.494 e. The number of hydrogen-bond acceptors (Lipinski definition) is 7. The second-order valence-corrected chi connectivity index (χ2v) is 6.46. The van der Waals surface area contributed by atoms with Crippen molar-refractivity contribution in [3.8, 4) is 11.4 Å². The van der Waals surface area contributed by atoms with Gasteiger partial charge in [0.25, 0.3) is 0 Å². The molecular weight excluding hydrogens is 342 g/mol. The molecule has 8 nitrogen and oxygen atoms in total. The standard InChI is InChI=1S/C19H23N7O/c1-12-9-17(20-2)24-19(22-12)23-14-6-7-16(27-3)15(10-14)26-11-13-5-4-8-21-18(13)25-26/h6-7,9-11H,4-5,8H2,1-3H3,(H,21,25)(H2,20,22,23,24). The Morgan fingerprint density at radius 1 is 1.22 bits per heavy atom. The van der Waals surface area contributed by atoms with Gasteiger partial charge in [0.1, 0.15) is 17.3 Å². The molecule has 0 radical (unpaired) electrons. The average molecular weight is 365 g/mol. The van der Waals surface area contributed by atoms with Crippen molar-refractivity contribution < 1.29 is 4.74 Å². The number of fused-ring (bicyclic) bond motifs is 1. The van der Waals surface area contributed by atoms with E-state index in [0.717, 1.165) is 53.8 Å². The minimum Gasteiger partial charge on any atom is -0.494 e. The van der Waals surface area contributed by atoms with Crippen molar-refractivity contribution in [3.05, 3.63) is 41.7 Å². The number of ether oxygens (including phenoxy) is 1. The van der Waals surface area contributed by atoms with E-state index >= 15 is 0 Å². The maximum atomic E-state index is 5.54. The van der Waals surface area contributed by atoms with E-state index in [1.165, 1.54) is 5.56 Å². The molecule has 0 spiro atoms. The minimum absolute atomic E-state index is 0.539. The fourth-order valence-electron chi connectivity index (χ4n) is 3.18. The molecule has 0 amide bonds. The molecule has 3 aromatic rings. The van der Waals surface area contributed by atoms with E-state index in [2.05, 4.69) is 37.2 Å². The van der Waals surface area contributed by atoms with Gasteiger partial charge < -0.3 is 20.7 Å². The first-order valence-electron chi connectivity index (χ1n) is 8.97. The Morgan fingerprint density at radius 3 is 2.89 bits per heavy atom. The molecule has 1 aromatic carbocycles. The summed E-state index contributed by atoms with van der Waals surface area (Å²) in [5, 5.41) is 14.3. The Hall–Kier alpha value is -3.29. The number of aromatic nitrogens is 4. The van der Waals surface area contributed by atoms with Crippen LogP contribution >= 0.6 is 0 Å². The predicted molar refractivity (Wildman–Crippen MR) is 107 cm³/mol. The molecule has 0 fully saturated rings. The maximum absolute atomic E-state index is 5.54. The topological polar surface area (TPSA) is 88.9 Å². The van der Waals surface area contributed by atoms with Gasteiger partial charge in [-0.2, -0.15) is 10.1 Å². The van der Waals surface area contributed by atoms with Crippen molar-refractivity contribution in [3.63, 3.8) is 0 Å². The highest BCUT2D eigenvalue weighted by Crippen LogP contribution is 2.30. The van der Waals surface area contributed by atoms with Crippen molar-refractivity contribution in [1.82, 2.24) is 19.7 Å². The lowest BCUT2D eigenvalue weighted by Gasteiger charge is -2.12. The number of benzene rings is 1.